The normalized spacial score (nSPS) is 11.0. The summed E-state index contributed by atoms with van der Waals surface area (Å²) in [4.78, 5) is 23.6. The highest BCUT2D eigenvalue weighted by Gasteiger charge is 2.19. The fourth-order valence-electron chi connectivity index (χ4n) is 2.06. The number of amides is 2. The van der Waals surface area contributed by atoms with Crippen molar-refractivity contribution in [3.05, 3.63) is 54.1 Å². The fraction of sp³-hybridized carbons (Fsp3) is 0.250. The molecule has 0 aliphatic carbocycles. The van der Waals surface area contributed by atoms with E-state index >= 15 is 0 Å². The highest BCUT2D eigenvalue weighted by Crippen LogP contribution is 2.28. The topological polar surface area (TPSA) is 98.3 Å². The minimum atomic E-state index is -0.827. The summed E-state index contributed by atoms with van der Waals surface area (Å²) in [5.74, 6) is 0.534. The van der Waals surface area contributed by atoms with Crippen LogP contribution in [0.2, 0.25) is 0 Å². The van der Waals surface area contributed by atoms with Crippen LogP contribution < -0.4 is 20.2 Å². The maximum absolute atomic E-state index is 11.8. The zero-order valence-corrected chi connectivity index (χ0v) is 16.2. The van der Waals surface area contributed by atoms with Gasteiger partial charge in [0, 0.05) is 5.69 Å². The number of hydrogen-bond donors (Lipinski definition) is 2. The molecule has 8 heteroatoms. The van der Waals surface area contributed by atoms with Crippen molar-refractivity contribution in [2.24, 2.45) is 5.10 Å². The van der Waals surface area contributed by atoms with Gasteiger partial charge in [0.15, 0.2) is 11.5 Å². The average Bonchev–Trinajstić information content (AvgIpc) is 2.62. The van der Waals surface area contributed by atoms with Crippen molar-refractivity contribution in [1.29, 1.82) is 0 Å². The summed E-state index contributed by atoms with van der Waals surface area (Å²) in [6.07, 6.45) is 0.608. The van der Waals surface area contributed by atoms with E-state index in [1.54, 1.807) is 51.1 Å². The number of methoxy groups -OCH3 is 1. The largest absolute Gasteiger partial charge is 0.514 e. The SMILES string of the molecule is COc1cc(C=NNC(=O)Nc2ccccc2)ccc1OC(=O)OC(C)(C)C. The van der Waals surface area contributed by atoms with Crippen LogP contribution in [0, 0.1) is 0 Å². The lowest BCUT2D eigenvalue weighted by Crippen LogP contribution is -2.26. The molecular weight excluding hydrogens is 362 g/mol. The number of para-hydroxylation sites is 1. The van der Waals surface area contributed by atoms with Gasteiger partial charge in [-0.15, -0.1) is 0 Å². The van der Waals surface area contributed by atoms with Gasteiger partial charge in [-0.2, -0.15) is 5.10 Å². The molecular formula is C20H23N3O5. The highest BCUT2D eigenvalue weighted by atomic mass is 16.7. The number of ether oxygens (including phenoxy) is 3. The molecule has 8 nitrogen and oxygen atoms in total. The summed E-state index contributed by atoms with van der Waals surface area (Å²) >= 11 is 0. The Morgan fingerprint density at radius 3 is 2.39 bits per heavy atom. The second-order valence-electron chi connectivity index (χ2n) is 6.67. The molecule has 0 heterocycles. The van der Waals surface area contributed by atoms with Gasteiger partial charge in [-0.3, -0.25) is 0 Å². The van der Waals surface area contributed by atoms with Crippen LogP contribution in [0.4, 0.5) is 15.3 Å². The molecule has 0 fully saturated rings. The summed E-state index contributed by atoms with van der Waals surface area (Å²) < 4.78 is 15.5. The van der Waals surface area contributed by atoms with E-state index in [4.69, 9.17) is 14.2 Å². The second-order valence-corrected chi connectivity index (χ2v) is 6.67. The standard InChI is InChI=1S/C20H23N3O5/c1-20(2,3)28-19(25)27-16-11-10-14(12-17(16)26-4)13-21-23-18(24)22-15-8-6-5-7-9-15/h5-13H,1-4H3,(H2,22,23,24). The molecule has 0 saturated heterocycles. The Balaban J connectivity index is 1.96. The molecule has 0 aliphatic heterocycles. The van der Waals surface area contributed by atoms with Crippen molar-refractivity contribution in [2.75, 3.05) is 12.4 Å². The number of nitrogens with one attached hydrogen (secondary N) is 2. The molecule has 0 aromatic heterocycles. The van der Waals surface area contributed by atoms with E-state index in [9.17, 15) is 9.59 Å². The number of hydrogen-bond acceptors (Lipinski definition) is 6. The predicted octanol–water partition coefficient (Wildman–Crippen LogP) is 4.16. The minimum Gasteiger partial charge on any atom is -0.493 e. The Hall–Kier alpha value is -3.55. The molecule has 2 aromatic rings. The second kappa shape index (κ2) is 9.40. The lowest BCUT2D eigenvalue weighted by Gasteiger charge is -2.19. The van der Waals surface area contributed by atoms with Crippen LogP contribution in [0.1, 0.15) is 26.3 Å². The van der Waals surface area contributed by atoms with Gasteiger partial charge in [0.1, 0.15) is 5.60 Å². The van der Waals surface area contributed by atoms with Crippen molar-refractivity contribution in [1.82, 2.24) is 5.43 Å². The maximum Gasteiger partial charge on any atom is 0.514 e. The molecule has 148 valence electrons. The lowest BCUT2D eigenvalue weighted by atomic mass is 10.2. The number of nitrogens with zero attached hydrogens (tertiary/aromatic N) is 1. The Morgan fingerprint density at radius 2 is 1.75 bits per heavy atom. The van der Waals surface area contributed by atoms with Crippen LogP contribution in [0.5, 0.6) is 11.5 Å². The third-order valence-corrected chi connectivity index (χ3v) is 3.18. The quantitative estimate of drug-likeness (QED) is 0.348. The Kier molecular flexibility index (Phi) is 6.97. The van der Waals surface area contributed by atoms with Gasteiger partial charge in [-0.25, -0.2) is 15.0 Å². The molecule has 0 saturated carbocycles. The summed E-state index contributed by atoms with van der Waals surface area (Å²) in [7, 11) is 1.45. The van der Waals surface area contributed by atoms with Gasteiger partial charge >= 0.3 is 12.2 Å². The molecule has 2 aromatic carbocycles. The minimum absolute atomic E-state index is 0.212. The molecule has 0 spiro atoms. The third kappa shape index (κ3) is 6.99. The van der Waals surface area contributed by atoms with Crippen molar-refractivity contribution < 1.29 is 23.8 Å². The molecule has 0 bridgehead atoms. The highest BCUT2D eigenvalue weighted by molar-refractivity contribution is 5.90. The van der Waals surface area contributed by atoms with Gasteiger partial charge in [-0.1, -0.05) is 18.2 Å². The molecule has 0 atom stereocenters. The van der Waals surface area contributed by atoms with Crippen LogP contribution in [0.15, 0.2) is 53.6 Å². The first-order valence-corrected chi connectivity index (χ1v) is 8.51. The molecule has 28 heavy (non-hydrogen) atoms. The molecule has 2 amide bonds. The van der Waals surface area contributed by atoms with Gasteiger partial charge in [0.25, 0.3) is 0 Å². The summed E-state index contributed by atoms with van der Waals surface area (Å²) in [6, 6.07) is 13.3. The van der Waals surface area contributed by atoms with Crippen LogP contribution in [-0.4, -0.2) is 31.1 Å². The first-order valence-electron chi connectivity index (χ1n) is 8.51. The number of rotatable bonds is 5. The lowest BCUT2D eigenvalue weighted by molar-refractivity contribution is 0.0201. The van der Waals surface area contributed by atoms with E-state index in [0.717, 1.165) is 0 Å². The summed E-state index contributed by atoms with van der Waals surface area (Å²) in [5.41, 5.74) is 2.99. The fourth-order valence-corrected chi connectivity index (χ4v) is 2.06. The predicted molar refractivity (Wildman–Crippen MR) is 106 cm³/mol. The Bertz CT molecular complexity index is 845. The molecule has 2 rings (SSSR count). The zero-order valence-electron chi connectivity index (χ0n) is 16.2. The number of hydrazone groups is 1. The third-order valence-electron chi connectivity index (χ3n) is 3.18. The first kappa shape index (κ1) is 20.8. The number of anilines is 1. The zero-order chi connectivity index (χ0) is 20.6. The number of carbonyl (C=O) groups is 2. The van der Waals surface area contributed by atoms with Gasteiger partial charge in [0.2, 0.25) is 0 Å². The molecule has 0 unspecified atom stereocenters. The van der Waals surface area contributed by atoms with E-state index in [2.05, 4.69) is 15.8 Å². The van der Waals surface area contributed by atoms with Crippen molar-refractivity contribution in [3.63, 3.8) is 0 Å². The number of benzene rings is 2. The average molecular weight is 385 g/mol. The molecule has 0 aliphatic rings. The van der Waals surface area contributed by atoms with Gasteiger partial charge < -0.3 is 19.5 Å². The van der Waals surface area contributed by atoms with E-state index in [1.807, 2.05) is 18.2 Å². The Labute approximate surface area is 163 Å². The van der Waals surface area contributed by atoms with Crippen LogP contribution >= 0.6 is 0 Å². The van der Waals surface area contributed by atoms with E-state index in [0.29, 0.717) is 17.0 Å². The van der Waals surface area contributed by atoms with Crippen LogP contribution in [0.25, 0.3) is 0 Å². The number of urea groups is 1. The molecule has 2 N–H and O–H groups in total. The van der Waals surface area contributed by atoms with E-state index in [1.165, 1.54) is 13.3 Å². The smallest absolute Gasteiger partial charge is 0.493 e. The van der Waals surface area contributed by atoms with Crippen molar-refractivity contribution >= 4 is 24.1 Å². The van der Waals surface area contributed by atoms with E-state index < -0.39 is 17.8 Å². The van der Waals surface area contributed by atoms with Crippen LogP contribution in [0.3, 0.4) is 0 Å². The van der Waals surface area contributed by atoms with Gasteiger partial charge in [0.05, 0.1) is 13.3 Å². The van der Waals surface area contributed by atoms with Gasteiger partial charge in [-0.05, 0) is 56.7 Å². The number of carbonyl (C=O) groups excluding carboxylic acids is 2. The summed E-state index contributed by atoms with van der Waals surface area (Å²) in [5, 5.41) is 6.52. The first-order chi connectivity index (χ1) is 13.3. The van der Waals surface area contributed by atoms with E-state index in [-0.39, 0.29) is 5.75 Å². The Morgan fingerprint density at radius 1 is 1.04 bits per heavy atom. The summed E-state index contributed by atoms with van der Waals surface area (Å²) in [6.45, 7) is 5.23. The maximum atomic E-state index is 11.8. The van der Waals surface area contributed by atoms with Crippen LogP contribution in [-0.2, 0) is 4.74 Å². The van der Waals surface area contributed by atoms with Crippen molar-refractivity contribution in [2.45, 2.75) is 26.4 Å². The van der Waals surface area contributed by atoms with Crippen molar-refractivity contribution in [3.8, 4) is 11.5 Å². The molecule has 0 radical (unpaired) electrons. The monoisotopic (exact) mass is 385 g/mol.